The lowest BCUT2D eigenvalue weighted by molar-refractivity contribution is -0.140. The molecule has 168 valence electrons. The van der Waals surface area contributed by atoms with E-state index in [-0.39, 0.29) is 36.8 Å². The Kier molecular flexibility index (Phi) is 5.95. The Labute approximate surface area is 182 Å². The minimum absolute atomic E-state index is 0.00359. The van der Waals surface area contributed by atoms with Crippen molar-refractivity contribution >= 4 is 17.7 Å². The van der Waals surface area contributed by atoms with Crippen LogP contribution < -0.4 is 19.7 Å². The van der Waals surface area contributed by atoms with Crippen LogP contribution in [0.15, 0.2) is 47.7 Å². The van der Waals surface area contributed by atoms with Gasteiger partial charge in [0.15, 0.2) is 11.5 Å². The molecule has 2 aromatic rings. The molecule has 0 saturated carbocycles. The van der Waals surface area contributed by atoms with Gasteiger partial charge < -0.3 is 24.3 Å². The summed E-state index contributed by atoms with van der Waals surface area (Å²) in [6.07, 6.45) is 0. The number of nitrogens with one attached hydrogen (secondary N) is 1. The fourth-order valence-electron chi connectivity index (χ4n) is 3.61. The van der Waals surface area contributed by atoms with Crippen molar-refractivity contribution in [3.8, 4) is 11.5 Å². The molecule has 0 saturated heterocycles. The van der Waals surface area contributed by atoms with Crippen LogP contribution in [-0.2, 0) is 14.3 Å². The van der Waals surface area contributed by atoms with Gasteiger partial charge in [0.1, 0.15) is 18.2 Å². The molecule has 2 aromatic carbocycles. The number of anilines is 1. The maximum Gasteiger partial charge on any atom is 0.338 e. The molecule has 2 aliphatic heterocycles. The lowest BCUT2D eigenvalue weighted by Crippen LogP contribution is -2.48. The average Bonchev–Trinajstić information content (AvgIpc) is 3.21. The molecule has 0 aromatic heterocycles. The summed E-state index contributed by atoms with van der Waals surface area (Å²) in [5.74, 6) is -1.47. The van der Waals surface area contributed by atoms with Gasteiger partial charge in [0.05, 0.1) is 23.9 Å². The number of urea groups is 1. The number of ether oxygens (including phenoxy) is 4. The predicted octanol–water partition coefficient (Wildman–Crippen LogP) is 3.43. The van der Waals surface area contributed by atoms with Gasteiger partial charge in [-0.2, -0.15) is 0 Å². The van der Waals surface area contributed by atoms with Crippen LogP contribution >= 0.6 is 0 Å². The number of benzene rings is 2. The molecule has 2 aliphatic rings. The van der Waals surface area contributed by atoms with Crippen molar-refractivity contribution in [2.75, 3.05) is 32.0 Å². The summed E-state index contributed by atoms with van der Waals surface area (Å²) in [7, 11) is 1.46. The zero-order valence-corrected chi connectivity index (χ0v) is 17.3. The minimum Gasteiger partial charge on any atom is -0.460 e. The topological polar surface area (TPSA) is 86.3 Å². The maximum atomic E-state index is 14.6. The van der Waals surface area contributed by atoms with E-state index in [9.17, 15) is 18.4 Å². The molecule has 0 radical (unpaired) electrons. The van der Waals surface area contributed by atoms with E-state index in [1.54, 1.807) is 25.1 Å². The maximum absolute atomic E-state index is 14.6. The number of rotatable bonds is 6. The summed E-state index contributed by atoms with van der Waals surface area (Å²) in [5.41, 5.74) is 0.570. The van der Waals surface area contributed by atoms with Crippen molar-refractivity contribution in [1.82, 2.24) is 5.32 Å². The Morgan fingerprint density at radius 1 is 1.16 bits per heavy atom. The monoisotopic (exact) mass is 446 g/mol. The highest BCUT2D eigenvalue weighted by molar-refractivity contribution is 6.03. The Hall–Kier alpha value is -3.66. The number of fused-ring (bicyclic) bond motifs is 1. The lowest BCUT2D eigenvalue weighted by atomic mass is 9.94. The highest BCUT2D eigenvalue weighted by Gasteiger charge is 2.38. The van der Waals surface area contributed by atoms with Crippen LogP contribution in [0.3, 0.4) is 0 Å². The van der Waals surface area contributed by atoms with Crippen molar-refractivity contribution in [2.45, 2.75) is 13.0 Å². The molecule has 32 heavy (non-hydrogen) atoms. The largest absolute Gasteiger partial charge is 0.460 e. The Balaban J connectivity index is 1.79. The number of hydrogen-bond donors (Lipinski definition) is 1. The molecule has 8 nitrogen and oxygen atoms in total. The first-order valence-corrected chi connectivity index (χ1v) is 9.72. The molecule has 10 heteroatoms. The molecule has 1 N–H and O–H groups in total. The van der Waals surface area contributed by atoms with E-state index in [2.05, 4.69) is 5.32 Å². The summed E-state index contributed by atoms with van der Waals surface area (Å²) in [4.78, 5) is 27.3. The molecular formula is C22H20F2N2O6. The van der Waals surface area contributed by atoms with Crippen molar-refractivity contribution < 1.29 is 37.3 Å². The quantitative estimate of drug-likeness (QED) is 0.541. The van der Waals surface area contributed by atoms with Crippen LogP contribution in [0, 0.1) is 11.6 Å². The molecule has 0 spiro atoms. The Bertz CT molecular complexity index is 1100. The van der Waals surface area contributed by atoms with Gasteiger partial charge in [0, 0.05) is 30.5 Å². The standard InChI is InChI=1S/C22H20F2N2O6/c1-12-19(21(27)30-8-7-29-2)20(15-5-3-13(23)9-16(15)24)25-22(28)26(12)14-4-6-17-18(10-14)32-11-31-17/h3-6,9-10,20H,7-8,11H2,1-2H3,(H,25,28)/t20-/m1/s1. The summed E-state index contributed by atoms with van der Waals surface area (Å²) in [6.45, 7) is 1.72. The summed E-state index contributed by atoms with van der Waals surface area (Å²) in [5, 5.41) is 2.62. The van der Waals surface area contributed by atoms with Gasteiger partial charge in [-0.15, -0.1) is 0 Å². The molecule has 4 rings (SSSR count). The number of amides is 2. The normalized spacial score (nSPS) is 17.4. The van der Waals surface area contributed by atoms with Gasteiger partial charge in [-0.25, -0.2) is 18.4 Å². The number of allylic oxidation sites excluding steroid dienone is 1. The van der Waals surface area contributed by atoms with Crippen LogP contribution in [0.1, 0.15) is 18.5 Å². The van der Waals surface area contributed by atoms with Gasteiger partial charge in [-0.1, -0.05) is 6.07 Å². The molecule has 2 heterocycles. The van der Waals surface area contributed by atoms with Gasteiger partial charge in [-0.05, 0) is 25.1 Å². The molecule has 0 fully saturated rings. The second kappa shape index (κ2) is 8.83. The molecule has 2 amide bonds. The van der Waals surface area contributed by atoms with E-state index >= 15 is 0 Å². The van der Waals surface area contributed by atoms with E-state index in [1.807, 2.05) is 0 Å². The predicted molar refractivity (Wildman–Crippen MR) is 108 cm³/mol. The van der Waals surface area contributed by atoms with Crippen LogP contribution in [-0.4, -0.2) is 39.1 Å². The first-order chi connectivity index (χ1) is 15.4. The van der Waals surface area contributed by atoms with E-state index in [0.717, 1.165) is 6.07 Å². The van der Waals surface area contributed by atoms with Crippen molar-refractivity contribution in [3.63, 3.8) is 0 Å². The highest BCUT2D eigenvalue weighted by atomic mass is 19.1. The van der Waals surface area contributed by atoms with Crippen molar-refractivity contribution in [3.05, 3.63) is 64.9 Å². The van der Waals surface area contributed by atoms with E-state index in [1.165, 1.54) is 18.1 Å². The fourth-order valence-corrected chi connectivity index (χ4v) is 3.61. The third-order valence-electron chi connectivity index (χ3n) is 5.11. The smallest absolute Gasteiger partial charge is 0.338 e. The number of methoxy groups -OCH3 is 1. The second-order valence-corrected chi connectivity index (χ2v) is 7.05. The van der Waals surface area contributed by atoms with E-state index < -0.39 is 29.7 Å². The molecule has 0 aliphatic carbocycles. The summed E-state index contributed by atoms with van der Waals surface area (Å²) >= 11 is 0. The van der Waals surface area contributed by atoms with Crippen molar-refractivity contribution in [1.29, 1.82) is 0 Å². The number of carbonyl (C=O) groups is 2. The number of hydrogen-bond acceptors (Lipinski definition) is 6. The summed E-state index contributed by atoms with van der Waals surface area (Å²) < 4.78 is 48.8. The average molecular weight is 446 g/mol. The SMILES string of the molecule is COCCOC(=O)C1=C(C)N(c2ccc3c(c2)OCO3)C(=O)N[C@@H]1c1ccc(F)cc1F. The zero-order valence-electron chi connectivity index (χ0n) is 17.3. The third kappa shape index (κ3) is 3.96. The molecule has 1 atom stereocenters. The van der Waals surface area contributed by atoms with Crippen LogP contribution in [0.2, 0.25) is 0 Å². The van der Waals surface area contributed by atoms with Crippen LogP contribution in [0.25, 0.3) is 0 Å². The zero-order chi connectivity index (χ0) is 22.8. The molecule has 0 unspecified atom stereocenters. The van der Waals surface area contributed by atoms with Crippen LogP contribution in [0.5, 0.6) is 11.5 Å². The first-order valence-electron chi connectivity index (χ1n) is 9.72. The highest BCUT2D eigenvalue weighted by Crippen LogP contribution is 2.39. The van der Waals surface area contributed by atoms with E-state index in [0.29, 0.717) is 23.3 Å². The number of nitrogens with zero attached hydrogens (tertiary/aromatic N) is 1. The van der Waals surface area contributed by atoms with E-state index in [4.69, 9.17) is 18.9 Å². The second-order valence-electron chi connectivity index (χ2n) is 7.05. The lowest BCUT2D eigenvalue weighted by Gasteiger charge is -2.35. The molecular weight excluding hydrogens is 426 g/mol. The fraction of sp³-hybridized carbons (Fsp3) is 0.273. The van der Waals surface area contributed by atoms with Gasteiger partial charge >= 0.3 is 12.0 Å². The minimum atomic E-state index is -1.18. The molecule has 0 bridgehead atoms. The number of esters is 1. The third-order valence-corrected chi connectivity index (χ3v) is 5.11. The van der Waals surface area contributed by atoms with Gasteiger partial charge in [-0.3, -0.25) is 4.90 Å². The summed E-state index contributed by atoms with van der Waals surface area (Å²) in [6, 6.07) is 6.00. The number of carbonyl (C=O) groups excluding carboxylic acids is 2. The number of halogens is 2. The first kappa shape index (κ1) is 21.6. The van der Waals surface area contributed by atoms with Crippen molar-refractivity contribution in [2.24, 2.45) is 0 Å². The van der Waals surface area contributed by atoms with Gasteiger partial charge in [0.2, 0.25) is 6.79 Å². The van der Waals surface area contributed by atoms with Gasteiger partial charge in [0.25, 0.3) is 0 Å². The Morgan fingerprint density at radius 3 is 2.69 bits per heavy atom. The van der Waals surface area contributed by atoms with Crippen LogP contribution in [0.4, 0.5) is 19.3 Å². The Morgan fingerprint density at radius 2 is 1.94 bits per heavy atom.